The second kappa shape index (κ2) is 6.49. The lowest BCUT2D eigenvalue weighted by molar-refractivity contribution is 0.0596. The van der Waals surface area contributed by atoms with Crippen molar-refractivity contribution in [3.05, 3.63) is 46.5 Å². The number of ether oxygens (including phenoxy) is 2. The highest BCUT2D eigenvalue weighted by atomic mass is 16.5. The van der Waals surface area contributed by atoms with Gasteiger partial charge in [-0.3, -0.25) is 4.79 Å². The summed E-state index contributed by atoms with van der Waals surface area (Å²) in [5.41, 5.74) is -0.216. The quantitative estimate of drug-likeness (QED) is 0.580. The molecule has 0 bridgehead atoms. The van der Waals surface area contributed by atoms with E-state index in [0.29, 0.717) is 5.56 Å². The molecular formula is C17H16O7. The van der Waals surface area contributed by atoms with E-state index in [2.05, 4.69) is 4.74 Å². The Labute approximate surface area is 137 Å². The van der Waals surface area contributed by atoms with Crippen LogP contribution in [0.3, 0.4) is 0 Å². The largest absolute Gasteiger partial charge is 0.508 e. The lowest BCUT2D eigenvalue weighted by Crippen LogP contribution is -2.13. The lowest BCUT2D eigenvalue weighted by Gasteiger charge is -2.14. The average Bonchev–Trinajstić information content (AvgIpc) is 2.51. The lowest BCUT2D eigenvalue weighted by atomic mass is 9.94. The van der Waals surface area contributed by atoms with Gasteiger partial charge in [-0.2, -0.15) is 0 Å². The molecule has 24 heavy (non-hydrogen) atoms. The predicted octanol–water partition coefficient (Wildman–Crippen LogP) is 2.14. The molecule has 0 saturated heterocycles. The van der Waals surface area contributed by atoms with Crippen LogP contribution in [-0.4, -0.2) is 41.3 Å². The molecule has 2 aromatic carbocycles. The van der Waals surface area contributed by atoms with Crippen molar-refractivity contribution in [1.82, 2.24) is 0 Å². The van der Waals surface area contributed by atoms with Crippen LogP contribution in [0.1, 0.15) is 31.8 Å². The molecule has 2 aromatic rings. The SMILES string of the molecule is COC(=O)c1cc(C)cc(O)c1C(=O)c1c(O)cc(O)cc1OC. The number of methoxy groups -OCH3 is 2. The van der Waals surface area contributed by atoms with Crippen molar-refractivity contribution in [3.63, 3.8) is 0 Å². The van der Waals surface area contributed by atoms with Gasteiger partial charge in [0.1, 0.15) is 28.6 Å². The van der Waals surface area contributed by atoms with Crippen LogP contribution in [0.15, 0.2) is 24.3 Å². The molecule has 0 amide bonds. The van der Waals surface area contributed by atoms with Crippen LogP contribution in [0.5, 0.6) is 23.0 Å². The van der Waals surface area contributed by atoms with Crippen LogP contribution < -0.4 is 4.74 Å². The molecule has 126 valence electrons. The second-order valence-electron chi connectivity index (χ2n) is 5.07. The summed E-state index contributed by atoms with van der Waals surface area (Å²) in [5.74, 6) is -3.05. The van der Waals surface area contributed by atoms with Crippen molar-refractivity contribution in [3.8, 4) is 23.0 Å². The minimum atomic E-state index is -0.845. The Morgan fingerprint density at radius 1 is 0.917 bits per heavy atom. The molecule has 0 heterocycles. The maximum Gasteiger partial charge on any atom is 0.338 e. The van der Waals surface area contributed by atoms with Gasteiger partial charge in [-0.1, -0.05) is 0 Å². The van der Waals surface area contributed by atoms with Gasteiger partial charge in [-0.15, -0.1) is 0 Å². The van der Waals surface area contributed by atoms with Crippen molar-refractivity contribution in [1.29, 1.82) is 0 Å². The van der Waals surface area contributed by atoms with Gasteiger partial charge in [-0.05, 0) is 24.6 Å². The number of ketones is 1. The Morgan fingerprint density at radius 2 is 1.54 bits per heavy atom. The molecule has 0 atom stereocenters. The van der Waals surface area contributed by atoms with Gasteiger partial charge in [0, 0.05) is 12.1 Å². The molecule has 2 rings (SSSR count). The van der Waals surface area contributed by atoms with E-state index >= 15 is 0 Å². The van der Waals surface area contributed by atoms with Crippen molar-refractivity contribution in [2.75, 3.05) is 14.2 Å². The third-order valence-electron chi connectivity index (χ3n) is 3.41. The summed E-state index contributed by atoms with van der Waals surface area (Å²) in [6, 6.07) is 4.79. The summed E-state index contributed by atoms with van der Waals surface area (Å²) in [6.45, 7) is 1.64. The van der Waals surface area contributed by atoms with Gasteiger partial charge in [0.2, 0.25) is 5.78 Å². The Bertz CT molecular complexity index is 824. The fraction of sp³-hybridized carbons (Fsp3) is 0.176. The number of aromatic hydroxyl groups is 3. The number of carbonyl (C=O) groups is 2. The number of phenolic OH excluding ortho intramolecular Hbond substituents is 3. The van der Waals surface area contributed by atoms with Crippen molar-refractivity contribution in [2.24, 2.45) is 0 Å². The van der Waals surface area contributed by atoms with Crippen LogP contribution in [0, 0.1) is 6.92 Å². The minimum Gasteiger partial charge on any atom is -0.508 e. The molecule has 0 aliphatic rings. The summed E-state index contributed by atoms with van der Waals surface area (Å²) in [6.07, 6.45) is 0. The zero-order valence-electron chi connectivity index (χ0n) is 13.3. The molecule has 3 N–H and O–H groups in total. The third-order valence-corrected chi connectivity index (χ3v) is 3.41. The van der Waals surface area contributed by atoms with Gasteiger partial charge in [-0.25, -0.2) is 4.79 Å². The fourth-order valence-corrected chi connectivity index (χ4v) is 2.38. The molecule has 0 aromatic heterocycles. The highest BCUT2D eigenvalue weighted by molar-refractivity contribution is 6.18. The number of phenols is 3. The minimum absolute atomic E-state index is 0.103. The molecule has 0 saturated carbocycles. The summed E-state index contributed by atoms with van der Waals surface area (Å²) in [5, 5.41) is 29.7. The van der Waals surface area contributed by atoms with Gasteiger partial charge in [0.25, 0.3) is 0 Å². The van der Waals surface area contributed by atoms with E-state index in [-0.39, 0.29) is 28.2 Å². The number of aryl methyl sites for hydroxylation is 1. The van der Waals surface area contributed by atoms with Crippen molar-refractivity contribution < 1.29 is 34.4 Å². The maximum atomic E-state index is 12.8. The van der Waals surface area contributed by atoms with E-state index in [9.17, 15) is 24.9 Å². The van der Waals surface area contributed by atoms with E-state index in [0.717, 1.165) is 19.2 Å². The Balaban J connectivity index is 2.74. The summed E-state index contributed by atoms with van der Waals surface area (Å²) < 4.78 is 9.64. The smallest absolute Gasteiger partial charge is 0.338 e. The van der Waals surface area contributed by atoms with Crippen molar-refractivity contribution in [2.45, 2.75) is 6.92 Å². The van der Waals surface area contributed by atoms with E-state index < -0.39 is 23.3 Å². The molecule has 0 spiro atoms. The normalized spacial score (nSPS) is 10.3. The Kier molecular flexibility index (Phi) is 4.64. The first kappa shape index (κ1) is 17.1. The monoisotopic (exact) mass is 332 g/mol. The van der Waals surface area contributed by atoms with E-state index in [1.807, 2.05) is 0 Å². The maximum absolute atomic E-state index is 12.8. The van der Waals surface area contributed by atoms with Crippen molar-refractivity contribution >= 4 is 11.8 Å². The summed E-state index contributed by atoms with van der Waals surface area (Å²) >= 11 is 0. The molecule has 7 nitrogen and oxygen atoms in total. The first-order valence-corrected chi connectivity index (χ1v) is 6.86. The zero-order chi connectivity index (χ0) is 18.0. The van der Waals surface area contributed by atoms with Crippen LogP contribution in [0.25, 0.3) is 0 Å². The Morgan fingerprint density at radius 3 is 2.12 bits per heavy atom. The average molecular weight is 332 g/mol. The first-order valence-electron chi connectivity index (χ1n) is 6.86. The molecule has 7 heteroatoms. The standard InChI is InChI=1S/C17H16O7/c1-8-4-10(17(22)24-3)14(11(19)5-8)16(21)15-12(20)6-9(18)7-13(15)23-2/h4-7,18-20H,1-3H3. The van der Waals surface area contributed by atoms with Crippen LogP contribution in [-0.2, 0) is 4.74 Å². The van der Waals surface area contributed by atoms with E-state index in [1.165, 1.54) is 19.2 Å². The van der Waals surface area contributed by atoms with Crippen LogP contribution in [0.2, 0.25) is 0 Å². The number of carbonyl (C=O) groups excluding carboxylic acids is 2. The fourth-order valence-electron chi connectivity index (χ4n) is 2.38. The predicted molar refractivity (Wildman–Crippen MR) is 83.9 cm³/mol. The molecule has 0 unspecified atom stereocenters. The highest BCUT2D eigenvalue weighted by Gasteiger charge is 2.28. The van der Waals surface area contributed by atoms with E-state index in [1.54, 1.807) is 6.92 Å². The molecule has 0 aliphatic carbocycles. The number of benzene rings is 2. The number of esters is 1. The number of hydrogen-bond donors (Lipinski definition) is 3. The highest BCUT2D eigenvalue weighted by Crippen LogP contribution is 2.37. The molecule has 0 radical (unpaired) electrons. The van der Waals surface area contributed by atoms with Gasteiger partial charge < -0.3 is 24.8 Å². The topological polar surface area (TPSA) is 113 Å². The number of rotatable bonds is 4. The van der Waals surface area contributed by atoms with Crippen LogP contribution in [0.4, 0.5) is 0 Å². The zero-order valence-corrected chi connectivity index (χ0v) is 13.3. The first-order chi connectivity index (χ1) is 11.3. The summed E-state index contributed by atoms with van der Waals surface area (Å²) in [4.78, 5) is 24.8. The van der Waals surface area contributed by atoms with Gasteiger partial charge in [0.05, 0.1) is 25.3 Å². The summed E-state index contributed by atoms with van der Waals surface area (Å²) in [7, 11) is 2.40. The molecular weight excluding hydrogens is 316 g/mol. The Hall–Kier alpha value is -3.22. The molecule has 0 aliphatic heterocycles. The number of hydrogen-bond acceptors (Lipinski definition) is 7. The second-order valence-corrected chi connectivity index (χ2v) is 5.07. The van der Waals surface area contributed by atoms with Gasteiger partial charge >= 0.3 is 5.97 Å². The molecule has 0 fully saturated rings. The third kappa shape index (κ3) is 2.96. The van der Waals surface area contributed by atoms with Gasteiger partial charge in [0.15, 0.2) is 0 Å². The van der Waals surface area contributed by atoms with Crippen LogP contribution >= 0.6 is 0 Å². The van der Waals surface area contributed by atoms with E-state index in [4.69, 9.17) is 4.74 Å².